The largest absolute Gasteiger partial charge is 0.359 e. The first-order valence-corrected chi connectivity index (χ1v) is 5.43. The van der Waals surface area contributed by atoms with Gasteiger partial charge in [0, 0.05) is 13.5 Å². The second-order valence-corrected chi connectivity index (χ2v) is 5.71. The molecule has 0 aromatic rings. The van der Waals surface area contributed by atoms with Gasteiger partial charge in [0.2, 0.25) is 5.91 Å². The summed E-state index contributed by atoms with van der Waals surface area (Å²) >= 11 is 0. The zero-order valence-corrected chi connectivity index (χ0v) is 10.5. The fraction of sp³-hybridized carbons (Fsp3) is 0.917. The summed E-state index contributed by atoms with van der Waals surface area (Å²) in [5, 5.41) is 2.69. The molecular weight excluding hydrogens is 174 g/mol. The van der Waals surface area contributed by atoms with Crippen LogP contribution >= 0.6 is 0 Å². The van der Waals surface area contributed by atoms with Crippen LogP contribution in [0.15, 0.2) is 0 Å². The van der Waals surface area contributed by atoms with Gasteiger partial charge in [-0.15, -0.1) is 0 Å². The van der Waals surface area contributed by atoms with Crippen molar-refractivity contribution in [2.75, 3.05) is 7.05 Å². The van der Waals surface area contributed by atoms with E-state index in [9.17, 15) is 4.79 Å². The molecule has 0 saturated carbocycles. The lowest BCUT2D eigenvalue weighted by Crippen LogP contribution is -2.29. The van der Waals surface area contributed by atoms with Crippen LogP contribution < -0.4 is 5.32 Å². The van der Waals surface area contributed by atoms with Gasteiger partial charge in [0.15, 0.2) is 0 Å². The fourth-order valence-electron chi connectivity index (χ4n) is 2.01. The van der Waals surface area contributed by atoms with Crippen molar-refractivity contribution in [3.05, 3.63) is 0 Å². The molecule has 0 aliphatic rings. The van der Waals surface area contributed by atoms with Gasteiger partial charge in [0.25, 0.3) is 0 Å². The Hall–Kier alpha value is -0.530. The first-order chi connectivity index (χ1) is 6.22. The minimum atomic E-state index is 0.0968. The van der Waals surface area contributed by atoms with Crippen LogP contribution in [-0.4, -0.2) is 13.0 Å². The van der Waals surface area contributed by atoms with Crippen molar-refractivity contribution in [2.45, 2.75) is 53.9 Å². The second-order valence-electron chi connectivity index (χ2n) is 5.71. The third-order valence-electron chi connectivity index (χ3n) is 2.83. The number of hydrogen-bond acceptors (Lipinski definition) is 1. The number of amides is 1. The van der Waals surface area contributed by atoms with Gasteiger partial charge in [-0.3, -0.25) is 4.79 Å². The third kappa shape index (κ3) is 5.25. The average Bonchev–Trinajstić information content (AvgIpc) is 2.01. The van der Waals surface area contributed by atoms with E-state index in [4.69, 9.17) is 0 Å². The molecule has 0 aliphatic carbocycles. The Labute approximate surface area is 88.5 Å². The normalized spacial score (nSPS) is 12.7. The van der Waals surface area contributed by atoms with Gasteiger partial charge in [-0.2, -0.15) is 0 Å². The van der Waals surface area contributed by atoms with Gasteiger partial charge in [0.05, 0.1) is 0 Å². The van der Waals surface area contributed by atoms with E-state index in [-0.39, 0.29) is 11.3 Å². The standard InChI is InChI=1S/C12H25NO/c1-7-11(2,3)9-12(4,5)8-10(14)13-6/h7-9H2,1-6H3,(H,13,14). The molecule has 0 saturated heterocycles. The molecule has 0 bridgehead atoms. The van der Waals surface area contributed by atoms with E-state index in [1.165, 1.54) is 0 Å². The monoisotopic (exact) mass is 199 g/mol. The summed E-state index contributed by atoms with van der Waals surface area (Å²) in [6.45, 7) is 11.1. The molecule has 0 atom stereocenters. The van der Waals surface area contributed by atoms with E-state index >= 15 is 0 Å². The average molecular weight is 199 g/mol. The molecule has 0 unspecified atom stereocenters. The molecule has 1 amide bonds. The second kappa shape index (κ2) is 4.81. The SMILES string of the molecule is CCC(C)(C)CC(C)(C)CC(=O)NC. The summed E-state index contributed by atoms with van der Waals surface area (Å²) in [7, 11) is 1.70. The van der Waals surface area contributed by atoms with Crippen molar-refractivity contribution in [1.29, 1.82) is 0 Å². The van der Waals surface area contributed by atoms with Crippen LogP contribution in [0.3, 0.4) is 0 Å². The van der Waals surface area contributed by atoms with Crippen molar-refractivity contribution in [2.24, 2.45) is 10.8 Å². The first kappa shape index (κ1) is 13.5. The molecule has 0 heterocycles. The Morgan fingerprint density at radius 2 is 1.64 bits per heavy atom. The Kier molecular flexibility index (Phi) is 4.63. The highest BCUT2D eigenvalue weighted by Crippen LogP contribution is 2.37. The van der Waals surface area contributed by atoms with Gasteiger partial charge >= 0.3 is 0 Å². The maximum atomic E-state index is 11.3. The molecule has 14 heavy (non-hydrogen) atoms. The highest BCUT2D eigenvalue weighted by molar-refractivity contribution is 5.76. The van der Waals surface area contributed by atoms with Crippen LogP contribution in [0.2, 0.25) is 0 Å². The van der Waals surface area contributed by atoms with Crippen LogP contribution in [-0.2, 0) is 4.79 Å². The minimum absolute atomic E-state index is 0.0968. The van der Waals surface area contributed by atoms with Crippen molar-refractivity contribution in [1.82, 2.24) is 5.32 Å². The number of carbonyl (C=O) groups excluding carboxylic acids is 1. The lowest BCUT2D eigenvalue weighted by atomic mass is 9.72. The molecule has 2 nitrogen and oxygen atoms in total. The summed E-state index contributed by atoms with van der Waals surface area (Å²) in [4.78, 5) is 11.3. The zero-order chi connectivity index (χ0) is 11.4. The Morgan fingerprint density at radius 1 is 1.14 bits per heavy atom. The number of hydrogen-bond donors (Lipinski definition) is 1. The maximum absolute atomic E-state index is 11.3. The third-order valence-corrected chi connectivity index (χ3v) is 2.83. The van der Waals surface area contributed by atoms with Crippen LogP contribution in [0.5, 0.6) is 0 Å². The predicted molar refractivity (Wildman–Crippen MR) is 61.2 cm³/mol. The molecule has 2 heteroatoms. The van der Waals surface area contributed by atoms with E-state index < -0.39 is 0 Å². The summed E-state index contributed by atoms with van der Waals surface area (Å²) < 4.78 is 0. The summed E-state index contributed by atoms with van der Waals surface area (Å²) in [6.07, 6.45) is 2.86. The highest BCUT2D eigenvalue weighted by Gasteiger charge is 2.29. The van der Waals surface area contributed by atoms with Crippen LogP contribution in [0.1, 0.15) is 53.9 Å². The highest BCUT2D eigenvalue weighted by atomic mass is 16.1. The van der Waals surface area contributed by atoms with E-state index in [1.54, 1.807) is 7.05 Å². The van der Waals surface area contributed by atoms with E-state index in [0.29, 0.717) is 11.8 Å². The summed E-state index contributed by atoms with van der Waals surface area (Å²) in [5.41, 5.74) is 0.428. The molecular formula is C12H25NO. The molecule has 0 rings (SSSR count). The molecule has 0 aromatic heterocycles. The number of carbonyl (C=O) groups is 1. The summed E-state index contributed by atoms with van der Waals surface area (Å²) in [5.74, 6) is 0.141. The smallest absolute Gasteiger partial charge is 0.220 e. The van der Waals surface area contributed by atoms with E-state index in [1.807, 2.05) is 0 Å². The van der Waals surface area contributed by atoms with Crippen LogP contribution in [0.25, 0.3) is 0 Å². The quantitative estimate of drug-likeness (QED) is 0.724. The van der Waals surface area contributed by atoms with Crippen molar-refractivity contribution in [3.63, 3.8) is 0 Å². The Morgan fingerprint density at radius 3 is 2.00 bits per heavy atom. The Balaban J connectivity index is 4.26. The molecule has 0 aromatic carbocycles. The Bertz CT molecular complexity index is 194. The van der Waals surface area contributed by atoms with E-state index in [0.717, 1.165) is 12.8 Å². The van der Waals surface area contributed by atoms with Crippen LogP contribution in [0, 0.1) is 10.8 Å². The number of nitrogens with one attached hydrogen (secondary N) is 1. The molecule has 0 radical (unpaired) electrons. The minimum Gasteiger partial charge on any atom is -0.359 e. The molecule has 1 N–H and O–H groups in total. The topological polar surface area (TPSA) is 29.1 Å². The molecule has 0 fully saturated rings. The van der Waals surface area contributed by atoms with Crippen LogP contribution in [0.4, 0.5) is 0 Å². The van der Waals surface area contributed by atoms with Gasteiger partial charge in [-0.1, -0.05) is 41.0 Å². The molecule has 0 spiro atoms. The fourth-order valence-corrected chi connectivity index (χ4v) is 2.01. The number of rotatable bonds is 5. The van der Waals surface area contributed by atoms with Gasteiger partial charge in [-0.05, 0) is 17.3 Å². The molecule has 0 aliphatic heterocycles. The van der Waals surface area contributed by atoms with Gasteiger partial charge < -0.3 is 5.32 Å². The predicted octanol–water partition coefficient (Wildman–Crippen LogP) is 2.98. The van der Waals surface area contributed by atoms with Crippen molar-refractivity contribution >= 4 is 5.91 Å². The molecule has 84 valence electrons. The summed E-state index contributed by atoms with van der Waals surface area (Å²) in [6, 6.07) is 0. The lowest BCUT2D eigenvalue weighted by molar-refractivity contribution is -0.122. The van der Waals surface area contributed by atoms with Crippen molar-refractivity contribution < 1.29 is 4.79 Å². The van der Waals surface area contributed by atoms with E-state index in [2.05, 4.69) is 39.9 Å². The van der Waals surface area contributed by atoms with Gasteiger partial charge in [0.1, 0.15) is 0 Å². The maximum Gasteiger partial charge on any atom is 0.220 e. The lowest BCUT2D eigenvalue weighted by Gasteiger charge is -2.33. The van der Waals surface area contributed by atoms with Gasteiger partial charge in [-0.25, -0.2) is 0 Å². The zero-order valence-electron chi connectivity index (χ0n) is 10.5. The van der Waals surface area contributed by atoms with Crippen molar-refractivity contribution in [3.8, 4) is 0 Å². The first-order valence-electron chi connectivity index (χ1n) is 5.43.